The monoisotopic (exact) mass is 725 g/mol. The first-order chi connectivity index (χ1) is 28.2. The number of benzene rings is 9. The van der Waals surface area contributed by atoms with E-state index < -0.39 is 0 Å². The molecule has 0 spiro atoms. The Kier molecular flexibility index (Phi) is 7.48. The fourth-order valence-corrected chi connectivity index (χ4v) is 8.16. The van der Waals surface area contributed by atoms with E-state index in [-0.39, 0.29) is 0 Å². The van der Waals surface area contributed by atoms with Crippen LogP contribution in [0, 0.1) is 6.57 Å². The van der Waals surface area contributed by atoms with Gasteiger partial charge in [0.2, 0.25) is 0 Å². The predicted octanol–water partition coefficient (Wildman–Crippen LogP) is 13.6. The average molecular weight is 726 g/mol. The molecule has 0 aliphatic heterocycles. The molecule has 0 amide bonds. The maximum Gasteiger partial charge on any atom is 0.188 e. The Morgan fingerprint density at radius 2 is 0.842 bits per heavy atom. The third kappa shape index (κ3) is 5.59. The van der Waals surface area contributed by atoms with Gasteiger partial charge in [-0.3, -0.25) is 0 Å². The summed E-state index contributed by atoms with van der Waals surface area (Å²) in [7, 11) is 0. The lowest BCUT2D eigenvalue weighted by Crippen LogP contribution is -2.00. The summed E-state index contributed by atoms with van der Waals surface area (Å²) in [5.41, 5.74) is 8.84. The van der Waals surface area contributed by atoms with Crippen molar-refractivity contribution < 1.29 is 0 Å². The number of nitrogens with zero attached hydrogens (tertiary/aromatic N) is 5. The van der Waals surface area contributed by atoms with E-state index in [0.29, 0.717) is 23.2 Å². The molecule has 264 valence electrons. The van der Waals surface area contributed by atoms with Gasteiger partial charge in [0.05, 0.1) is 23.3 Å². The highest BCUT2D eigenvalue weighted by atomic mass is 15.0. The standard InChI is InChI=1S/C52H31N5/c1-53-43-26-28-49-46(32-43)45-31-40(25-27-48(45)57(49)47-16-8-14-36-11-6-7-15-44(36)47)35-17-21-37(22-18-35)50-54-51(41-23-19-33-9-2-4-12-38(33)29-41)56-52(55-50)42-24-20-34-10-3-5-13-39(34)30-42/h2-32H. The van der Waals surface area contributed by atoms with Crippen molar-refractivity contribution in [1.82, 2.24) is 19.5 Å². The molecule has 0 atom stereocenters. The van der Waals surface area contributed by atoms with E-state index in [1.54, 1.807) is 0 Å². The van der Waals surface area contributed by atoms with Crippen LogP contribution in [0.5, 0.6) is 0 Å². The lowest BCUT2D eigenvalue weighted by Gasteiger charge is -2.12. The van der Waals surface area contributed by atoms with Crippen molar-refractivity contribution >= 4 is 59.8 Å². The predicted molar refractivity (Wildman–Crippen MR) is 235 cm³/mol. The molecule has 2 heterocycles. The molecular formula is C52H31N5. The van der Waals surface area contributed by atoms with E-state index >= 15 is 0 Å². The fourth-order valence-electron chi connectivity index (χ4n) is 8.16. The minimum Gasteiger partial charge on any atom is -0.309 e. The summed E-state index contributed by atoms with van der Waals surface area (Å²) in [6.07, 6.45) is 0. The van der Waals surface area contributed by atoms with Crippen molar-refractivity contribution in [3.8, 4) is 51.0 Å². The SMILES string of the molecule is [C-]#[N+]c1ccc2c(c1)c1cc(-c3ccc(-c4nc(-c5ccc6ccccc6c5)nc(-c5ccc6ccccc6c5)n4)cc3)ccc1n2-c1cccc2ccccc12. The van der Waals surface area contributed by atoms with E-state index in [9.17, 15) is 0 Å². The van der Waals surface area contributed by atoms with Gasteiger partial charge >= 0.3 is 0 Å². The maximum atomic E-state index is 7.77. The Bertz CT molecular complexity index is 3320. The van der Waals surface area contributed by atoms with Crippen LogP contribution in [0.2, 0.25) is 0 Å². The lowest BCUT2D eigenvalue weighted by atomic mass is 10.0. The van der Waals surface area contributed by atoms with E-state index in [0.717, 1.165) is 66.1 Å². The minimum atomic E-state index is 0.614. The smallest absolute Gasteiger partial charge is 0.188 e. The van der Waals surface area contributed by atoms with E-state index in [1.807, 2.05) is 12.1 Å². The van der Waals surface area contributed by atoms with Crippen molar-refractivity contribution in [2.75, 3.05) is 0 Å². The molecule has 0 fully saturated rings. The molecular weight excluding hydrogens is 695 g/mol. The second-order valence-electron chi connectivity index (χ2n) is 14.4. The summed E-state index contributed by atoms with van der Waals surface area (Å²) < 4.78 is 2.33. The molecule has 0 N–H and O–H groups in total. The van der Waals surface area contributed by atoms with Gasteiger partial charge in [-0.25, -0.2) is 19.8 Å². The van der Waals surface area contributed by atoms with Crippen LogP contribution >= 0.6 is 0 Å². The number of aromatic nitrogens is 4. The first kappa shape index (κ1) is 32.5. The van der Waals surface area contributed by atoms with Crippen molar-refractivity contribution in [2.24, 2.45) is 0 Å². The lowest BCUT2D eigenvalue weighted by molar-refractivity contribution is 1.08. The van der Waals surface area contributed by atoms with Gasteiger partial charge in [0.25, 0.3) is 0 Å². The topological polar surface area (TPSA) is 48.0 Å². The molecule has 11 rings (SSSR count). The van der Waals surface area contributed by atoms with E-state index in [1.165, 1.54) is 21.5 Å². The number of rotatable bonds is 5. The Morgan fingerprint density at radius 3 is 1.49 bits per heavy atom. The summed E-state index contributed by atoms with van der Waals surface area (Å²) >= 11 is 0. The number of hydrogen-bond donors (Lipinski definition) is 0. The minimum absolute atomic E-state index is 0.614. The zero-order chi connectivity index (χ0) is 37.9. The third-order valence-electron chi connectivity index (χ3n) is 11.0. The van der Waals surface area contributed by atoms with Gasteiger partial charge < -0.3 is 4.57 Å². The third-order valence-corrected chi connectivity index (χ3v) is 11.0. The largest absolute Gasteiger partial charge is 0.309 e. The van der Waals surface area contributed by atoms with Crippen molar-refractivity contribution in [2.45, 2.75) is 0 Å². The van der Waals surface area contributed by atoms with Crippen LogP contribution in [0.3, 0.4) is 0 Å². The van der Waals surface area contributed by atoms with Gasteiger partial charge in [0.1, 0.15) is 0 Å². The van der Waals surface area contributed by atoms with Gasteiger partial charge in [0.15, 0.2) is 23.2 Å². The second-order valence-corrected chi connectivity index (χ2v) is 14.4. The summed E-state index contributed by atoms with van der Waals surface area (Å²) in [4.78, 5) is 19.0. The van der Waals surface area contributed by atoms with Crippen LogP contribution in [0.15, 0.2) is 188 Å². The molecule has 0 saturated carbocycles. The van der Waals surface area contributed by atoms with Gasteiger partial charge in [0, 0.05) is 27.5 Å². The van der Waals surface area contributed by atoms with Crippen LogP contribution in [-0.2, 0) is 0 Å². The first-order valence-corrected chi connectivity index (χ1v) is 19.0. The summed E-state index contributed by atoms with van der Waals surface area (Å²) in [6, 6.07) is 65.4. The van der Waals surface area contributed by atoms with E-state index in [2.05, 4.69) is 185 Å². The molecule has 11 aromatic rings. The van der Waals surface area contributed by atoms with Crippen molar-refractivity contribution in [3.05, 3.63) is 199 Å². The summed E-state index contributed by atoms with van der Waals surface area (Å²) in [6.45, 7) is 7.77. The Morgan fingerprint density at radius 1 is 0.351 bits per heavy atom. The molecule has 5 nitrogen and oxygen atoms in total. The molecule has 0 aliphatic carbocycles. The summed E-state index contributed by atoms with van der Waals surface area (Å²) in [5.74, 6) is 1.87. The zero-order valence-corrected chi connectivity index (χ0v) is 30.6. The highest BCUT2D eigenvalue weighted by Crippen LogP contribution is 2.39. The Hall–Kier alpha value is -7.94. The van der Waals surface area contributed by atoms with Crippen LogP contribution in [0.4, 0.5) is 5.69 Å². The normalized spacial score (nSPS) is 11.5. The molecule has 5 heteroatoms. The average Bonchev–Trinajstić information content (AvgIpc) is 3.61. The van der Waals surface area contributed by atoms with E-state index in [4.69, 9.17) is 21.5 Å². The highest BCUT2D eigenvalue weighted by molar-refractivity contribution is 6.12. The second kappa shape index (κ2) is 13.1. The number of fused-ring (bicyclic) bond motifs is 6. The van der Waals surface area contributed by atoms with Crippen LogP contribution in [0.1, 0.15) is 0 Å². The van der Waals surface area contributed by atoms with Crippen LogP contribution < -0.4 is 0 Å². The Labute approximate surface area is 328 Å². The van der Waals surface area contributed by atoms with Gasteiger partial charge in [-0.05, 0) is 85.9 Å². The number of hydrogen-bond acceptors (Lipinski definition) is 3. The highest BCUT2D eigenvalue weighted by Gasteiger charge is 2.17. The molecule has 2 aromatic heterocycles. The molecule has 9 aromatic carbocycles. The zero-order valence-electron chi connectivity index (χ0n) is 30.6. The quantitative estimate of drug-likeness (QED) is 0.166. The van der Waals surface area contributed by atoms with Gasteiger partial charge in [-0.1, -0.05) is 146 Å². The van der Waals surface area contributed by atoms with Crippen LogP contribution in [-0.4, -0.2) is 19.5 Å². The fraction of sp³-hybridized carbons (Fsp3) is 0. The Balaban J connectivity index is 1.03. The van der Waals surface area contributed by atoms with Crippen molar-refractivity contribution in [3.63, 3.8) is 0 Å². The van der Waals surface area contributed by atoms with Crippen LogP contribution in [0.25, 0.3) is 110 Å². The van der Waals surface area contributed by atoms with Crippen molar-refractivity contribution in [1.29, 1.82) is 0 Å². The molecule has 0 aliphatic rings. The molecule has 0 radical (unpaired) electrons. The van der Waals surface area contributed by atoms with Gasteiger partial charge in [-0.2, -0.15) is 0 Å². The molecule has 0 bridgehead atoms. The summed E-state index contributed by atoms with van der Waals surface area (Å²) in [5, 5.41) is 9.13. The molecule has 0 unspecified atom stereocenters. The first-order valence-electron chi connectivity index (χ1n) is 19.0. The molecule has 57 heavy (non-hydrogen) atoms. The van der Waals surface area contributed by atoms with Gasteiger partial charge in [-0.15, -0.1) is 0 Å². The molecule has 0 saturated heterocycles. The maximum absolute atomic E-state index is 7.77.